The molecule has 1 atom stereocenters. The summed E-state index contributed by atoms with van der Waals surface area (Å²) in [4.78, 5) is 13.4. The molecule has 0 aliphatic carbocycles. The number of amides is 1. The van der Waals surface area contributed by atoms with E-state index in [0.717, 1.165) is 22.6 Å². The summed E-state index contributed by atoms with van der Waals surface area (Å²) in [7, 11) is 0. The third-order valence-corrected chi connectivity index (χ3v) is 5.60. The quantitative estimate of drug-likeness (QED) is 0.518. The van der Waals surface area contributed by atoms with Crippen LogP contribution in [0, 0.1) is 13.8 Å². The van der Waals surface area contributed by atoms with Gasteiger partial charge in [-0.3, -0.25) is 4.79 Å². The Labute approximate surface area is 159 Å². The van der Waals surface area contributed by atoms with Crippen LogP contribution >= 0.6 is 23.4 Å². The Morgan fingerprint density at radius 3 is 2.60 bits per heavy atom. The van der Waals surface area contributed by atoms with Gasteiger partial charge in [0.1, 0.15) is 12.4 Å². The first-order valence-electron chi connectivity index (χ1n) is 8.40. The Bertz CT molecular complexity index is 703. The number of ether oxygens (including phenoxy) is 1. The molecule has 0 aliphatic heterocycles. The molecule has 1 N–H and O–H groups in total. The monoisotopic (exact) mass is 377 g/mol. The highest BCUT2D eigenvalue weighted by Crippen LogP contribution is 2.26. The predicted molar refractivity (Wildman–Crippen MR) is 106 cm³/mol. The van der Waals surface area contributed by atoms with Crippen molar-refractivity contribution < 1.29 is 9.53 Å². The topological polar surface area (TPSA) is 38.3 Å². The average Bonchev–Trinajstić information content (AvgIpc) is 2.61. The number of benzene rings is 2. The summed E-state index contributed by atoms with van der Waals surface area (Å²) < 4.78 is 5.78. The zero-order valence-electron chi connectivity index (χ0n) is 14.8. The van der Waals surface area contributed by atoms with Gasteiger partial charge in [0.25, 0.3) is 0 Å². The van der Waals surface area contributed by atoms with Crippen LogP contribution < -0.4 is 10.1 Å². The van der Waals surface area contributed by atoms with E-state index in [0.29, 0.717) is 18.2 Å². The standard InChI is InChI=1S/C20H24ClNO2S/c1-4-19(25-17-10-8-16(21)9-11-17)20(23)22-12-13-24-18-7-5-6-14(2)15(18)3/h5-11,19H,4,12-13H2,1-3H3,(H,22,23)/t19-/m1/s1. The predicted octanol–water partition coefficient (Wildman–Crippen LogP) is 5.02. The minimum atomic E-state index is -0.123. The molecule has 134 valence electrons. The Morgan fingerprint density at radius 2 is 1.92 bits per heavy atom. The van der Waals surface area contributed by atoms with Crippen LogP contribution in [0.25, 0.3) is 0 Å². The van der Waals surface area contributed by atoms with E-state index in [1.807, 2.05) is 50.2 Å². The summed E-state index contributed by atoms with van der Waals surface area (Å²) in [6, 6.07) is 13.5. The molecule has 0 heterocycles. The molecule has 0 saturated carbocycles. The van der Waals surface area contributed by atoms with Crippen LogP contribution in [0.4, 0.5) is 0 Å². The van der Waals surface area contributed by atoms with Gasteiger partial charge in [-0.15, -0.1) is 11.8 Å². The molecule has 5 heteroatoms. The Hall–Kier alpha value is -1.65. The Kier molecular flexibility index (Phi) is 7.66. The van der Waals surface area contributed by atoms with Crippen molar-refractivity contribution in [2.45, 2.75) is 37.3 Å². The number of nitrogens with one attached hydrogen (secondary N) is 1. The first kappa shape index (κ1) is 19.7. The van der Waals surface area contributed by atoms with Crippen molar-refractivity contribution in [3.63, 3.8) is 0 Å². The summed E-state index contributed by atoms with van der Waals surface area (Å²) in [6.45, 7) is 7.06. The molecule has 0 unspecified atom stereocenters. The first-order chi connectivity index (χ1) is 12.0. The molecular formula is C20H24ClNO2S. The summed E-state index contributed by atoms with van der Waals surface area (Å²) in [5, 5.41) is 3.54. The van der Waals surface area contributed by atoms with Crippen molar-refractivity contribution in [2.75, 3.05) is 13.2 Å². The van der Waals surface area contributed by atoms with Gasteiger partial charge in [0.05, 0.1) is 11.8 Å². The van der Waals surface area contributed by atoms with Gasteiger partial charge in [0.15, 0.2) is 0 Å². The smallest absolute Gasteiger partial charge is 0.233 e. The normalized spacial score (nSPS) is 11.8. The third-order valence-electron chi connectivity index (χ3n) is 3.97. The molecule has 2 aromatic rings. The lowest BCUT2D eigenvalue weighted by Gasteiger charge is -2.15. The van der Waals surface area contributed by atoms with Crippen LogP contribution in [0.5, 0.6) is 5.75 Å². The van der Waals surface area contributed by atoms with Gasteiger partial charge in [-0.25, -0.2) is 0 Å². The van der Waals surface area contributed by atoms with Crippen molar-refractivity contribution in [3.05, 3.63) is 58.6 Å². The third kappa shape index (κ3) is 5.98. The van der Waals surface area contributed by atoms with E-state index in [4.69, 9.17) is 16.3 Å². The average molecular weight is 378 g/mol. The fraction of sp³-hybridized carbons (Fsp3) is 0.350. The van der Waals surface area contributed by atoms with Crippen molar-refractivity contribution in [1.29, 1.82) is 0 Å². The second-order valence-electron chi connectivity index (χ2n) is 5.81. The fourth-order valence-corrected chi connectivity index (χ4v) is 3.43. The molecule has 0 fully saturated rings. The van der Waals surface area contributed by atoms with Crippen LogP contribution in [-0.4, -0.2) is 24.3 Å². The number of rotatable bonds is 8. The number of hydrogen-bond donors (Lipinski definition) is 1. The van der Waals surface area contributed by atoms with Crippen molar-refractivity contribution in [1.82, 2.24) is 5.32 Å². The molecule has 3 nitrogen and oxygen atoms in total. The lowest BCUT2D eigenvalue weighted by atomic mass is 10.1. The van der Waals surface area contributed by atoms with Gasteiger partial charge in [0.2, 0.25) is 5.91 Å². The Balaban J connectivity index is 1.79. The van der Waals surface area contributed by atoms with E-state index in [2.05, 4.69) is 18.3 Å². The molecule has 0 bridgehead atoms. The molecule has 1 amide bonds. The van der Waals surface area contributed by atoms with Gasteiger partial charge in [-0.1, -0.05) is 30.7 Å². The van der Waals surface area contributed by atoms with Crippen molar-refractivity contribution in [3.8, 4) is 5.75 Å². The van der Waals surface area contributed by atoms with E-state index in [-0.39, 0.29) is 11.2 Å². The maximum atomic E-state index is 12.4. The fourth-order valence-electron chi connectivity index (χ4n) is 2.33. The summed E-state index contributed by atoms with van der Waals surface area (Å²) >= 11 is 7.45. The molecule has 0 aromatic heterocycles. The molecule has 0 saturated heterocycles. The van der Waals surface area contributed by atoms with Crippen LogP contribution in [-0.2, 0) is 4.79 Å². The first-order valence-corrected chi connectivity index (χ1v) is 9.66. The molecule has 25 heavy (non-hydrogen) atoms. The van der Waals surface area contributed by atoms with E-state index in [1.165, 1.54) is 5.56 Å². The molecule has 2 rings (SSSR count). The van der Waals surface area contributed by atoms with Crippen LogP contribution in [0.1, 0.15) is 24.5 Å². The minimum Gasteiger partial charge on any atom is -0.491 e. The number of carbonyl (C=O) groups excluding carboxylic acids is 1. The van der Waals surface area contributed by atoms with Gasteiger partial charge < -0.3 is 10.1 Å². The minimum absolute atomic E-state index is 0.0343. The Morgan fingerprint density at radius 1 is 1.20 bits per heavy atom. The number of aryl methyl sites for hydroxylation is 1. The number of hydrogen-bond acceptors (Lipinski definition) is 3. The van der Waals surface area contributed by atoms with Gasteiger partial charge in [-0.05, 0) is 61.7 Å². The molecule has 0 spiro atoms. The van der Waals surface area contributed by atoms with Gasteiger partial charge >= 0.3 is 0 Å². The molecule has 0 aliphatic rings. The van der Waals surface area contributed by atoms with Crippen LogP contribution in [0.15, 0.2) is 47.4 Å². The van der Waals surface area contributed by atoms with E-state index < -0.39 is 0 Å². The van der Waals surface area contributed by atoms with E-state index >= 15 is 0 Å². The highest BCUT2D eigenvalue weighted by molar-refractivity contribution is 8.00. The maximum Gasteiger partial charge on any atom is 0.233 e. The van der Waals surface area contributed by atoms with Crippen molar-refractivity contribution >= 4 is 29.3 Å². The number of thioether (sulfide) groups is 1. The zero-order chi connectivity index (χ0) is 18.2. The summed E-state index contributed by atoms with van der Waals surface area (Å²) in [6.07, 6.45) is 0.761. The summed E-state index contributed by atoms with van der Waals surface area (Å²) in [5.74, 6) is 0.906. The molecule has 2 aromatic carbocycles. The van der Waals surface area contributed by atoms with E-state index in [1.54, 1.807) is 11.8 Å². The number of carbonyl (C=O) groups is 1. The largest absolute Gasteiger partial charge is 0.491 e. The van der Waals surface area contributed by atoms with Gasteiger partial charge in [-0.2, -0.15) is 0 Å². The van der Waals surface area contributed by atoms with Crippen molar-refractivity contribution in [2.24, 2.45) is 0 Å². The van der Waals surface area contributed by atoms with Crippen LogP contribution in [0.3, 0.4) is 0 Å². The SMILES string of the molecule is CC[C@@H](Sc1ccc(Cl)cc1)C(=O)NCCOc1cccc(C)c1C. The highest BCUT2D eigenvalue weighted by atomic mass is 35.5. The van der Waals surface area contributed by atoms with Gasteiger partial charge in [0, 0.05) is 9.92 Å². The highest BCUT2D eigenvalue weighted by Gasteiger charge is 2.17. The maximum absolute atomic E-state index is 12.4. The van der Waals surface area contributed by atoms with Crippen LogP contribution in [0.2, 0.25) is 5.02 Å². The number of halogens is 1. The lowest BCUT2D eigenvalue weighted by Crippen LogP contribution is -2.35. The molecular weight excluding hydrogens is 354 g/mol. The lowest BCUT2D eigenvalue weighted by molar-refractivity contribution is -0.120. The second-order valence-corrected chi connectivity index (χ2v) is 7.52. The molecule has 0 radical (unpaired) electrons. The van der Waals surface area contributed by atoms with E-state index in [9.17, 15) is 4.79 Å². The zero-order valence-corrected chi connectivity index (χ0v) is 16.4. The second kappa shape index (κ2) is 9.73. The summed E-state index contributed by atoms with van der Waals surface area (Å²) in [5.41, 5.74) is 2.34.